The Hall–Kier alpha value is -1.95. The van der Waals surface area contributed by atoms with Gasteiger partial charge in [0.2, 0.25) is 0 Å². The van der Waals surface area contributed by atoms with Crippen LogP contribution in [0.25, 0.3) is 10.9 Å². The molecule has 8 nitrogen and oxygen atoms in total. The van der Waals surface area contributed by atoms with Crippen molar-refractivity contribution in [3.8, 4) is 17.6 Å². The lowest BCUT2D eigenvalue weighted by Gasteiger charge is -2.34. The summed E-state index contributed by atoms with van der Waals surface area (Å²) < 4.78 is 15.8. The van der Waals surface area contributed by atoms with Gasteiger partial charge in [-0.25, -0.2) is 0 Å². The number of methoxy groups -OCH3 is 2. The minimum atomic E-state index is -3.63. The van der Waals surface area contributed by atoms with E-state index in [4.69, 9.17) is 14.0 Å². The van der Waals surface area contributed by atoms with Crippen LogP contribution in [-0.2, 0) is 16.3 Å². The van der Waals surface area contributed by atoms with Crippen LogP contribution in [0.1, 0.15) is 18.4 Å². The summed E-state index contributed by atoms with van der Waals surface area (Å²) in [5.41, 5.74) is 1.96. The molecular weight excluding hydrogens is 401 g/mol. The van der Waals surface area contributed by atoms with Crippen molar-refractivity contribution >= 4 is 35.1 Å². The molecule has 2 aromatic rings. The van der Waals surface area contributed by atoms with E-state index < -0.39 is 6.72 Å². The molecule has 0 saturated carbocycles. The summed E-state index contributed by atoms with van der Waals surface area (Å²) in [7, 11) is 3.15. The molecule has 0 amide bonds. The zero-order chi connectivity index (χ0) is 20.3. The highest BCUT2D eigenvalue weighted by Crippen LogP contribution is 2.40. The number of piperidine rings is 1. The van der Waals surface area contributed by atoms with Crippen LogP contribution in [0.15, 0.2) is 18.3 Å². The highest BCUT2D eigenvalue weighted by atomic mass is 32.5. The predicted molar refractivity (Wildman–Crippen MR) is 109 cm³/mol. The molecule has 1 fully saturated rings. The van der Waals surface area contributed by atoms with Crippen molar-refractivity contribution in [2.24, 2.45) is 5.92 Å². The smallest absolute Gasteiger partial charge is 0.321 e. The number of pyridine rings is 1. The number of anilines is 1. The number of nitriles is 1. The Morgan fingerprint density at radius 1 is 1.29 bits per heavy atom. The number of nitrogens with zero attached hydrogens (tertiary/aromatic N) is 3. The van der Waals surface area contributed by atoms with Crippen molar-refractivity contribution in [2.45, 2.75) is 12.8 Å². The molecule has 28 heavy (non-hydrogen) atoms. The maximum Gasteiger partial charge on any atom is 0.321 e. The average Bonchev–Trinajstić information content (AvgIpc) is 2.70. The van der Waals surface area contributed by atoms with Gasteiger partial charge < -0.3 is 28.7 Å². The van der Waals surface area contributed by atoms with E-state index in [1.807, 2.05) is 6.07 Å². The first-order chi connectivity index (χ1) is 13.4. The maximum absolute atomic E-state index is 9.62. The Morgan fingerprint density at radius 3 is 2.57 bits per heavy atom. The molecule has 2 N–H and O–H groups in total. The number of aromatic nitrogens is 1. The van der Waals surface area contributed by atoms with Gasteiger partial charge in [0.1, 0.15) is 23.1 Å². The second kappa shape index (κ2) is 8.60. The number of ether oxygens (including phenoxy) is 2. The summed E-state index contributed by atoms with van der Waals surface area (Å²) in [5.74, 6) is 1.39. The normalized spacial score (nSPS) is 15.5. The van der Waals surface area contributed by atoms with Gasteiger partial charge in [0, 0.05) is 30.7 Å². The first-order valence-corrected chi connectivity index (χ1v) is 11.4. The lowest BCUT2D eigenvalue weighted by atomic mass is 9.96. The quantitative estimate of drug-likeness (QED) is 0.678. The molecule has 3 rings (SSSR count). The lowest BCUT2D eigenvalue weighted by Crippen LogP contribution is -2.35. The van der Waals surface area contributed by atoms with Gasteiger partial charge in [-0.2, -0.15) is 5.26 Å². The van der Waals surface area contributed by atoms with E-state index in [9.17, 15) is 15.0 Å². The first-order valence-electron chi connectivity index (χ1n) is 8.76. The molecule has 0 bridgehead atoms. The molecule has 0 radical (unpaired) electrons. The topological polar surface area (TPSA) is 108 Å². The fourth-order valence-corrected chi connectivity index (χ4v) is 4.04. The second-order valence-corrected chi connectivity index (χ2v) is 9.24. The van der Waals surface area contributed by atoms with E-state index in [2.05, 4.69) is 27.8 Å². The van der Waals surface area contributed by atoms with Gasteiger partial charge in [-0.05, 0) is 36.6 Å². The van der Waals surface area contributed by atoms with E-state index in [1.54, 1.807) is 26.5 Å². The number of hydrogen-bond acceptors (Lipinski definition) is 7. The molecule has 10 heteroatoms. The molecule has 0 aliphatic carbocycles. The van der Waals surface area contributed by atoms with Gasteiger partial charge in [-0.1, -0.05) is 0 Å². The average molecular weight is 423 g/mol. The minimum Gasteiger partial charge on any atom is -0.497 e. The third kappa shape index (κ3) is 4.54. The number of benzene rings is 1. The fourth-order valence-electron chi connectivity index (χ4n) is 3.45. The summed E-state index contributed by atoms with van der Waals surface area (Å²) in [6.45, 7) is -2.01. The monoisotopic (exact) mass is 423 g/mol. The van der Waals surface area contributed by atoms with Gasteiger partial charge in [-0.15, -0.1) is 0 Å². The van der Waals surface area contributed by atoms with Gasteiger partial charge in [0.15, 0.2) is 0 Å². The highest BCUT2D eigenvalue weighted by Gasteiger charge is 2.25. The zero-order valence-electron chi connectivity index (χ0n) is 15.7. The number of fused-ring (bicyclic) bond motifs is 1. The van der Waals surface area contributed by atoms with Crippen molar-refractivity contribution in [1.29, 1.82) is 5.26 Å². The van der Waals surface area contributed by atoms with Crippen molar-refractivity contribution < 1.29 is 23.8 Å². The van der Waals surface area contributed by atoms with Gasteiger partial charge in [-0.3, -0.25) is 4.98 Å². The van der Waals surface area contributed by atoms with Gasteiger partial charge in [0.05, 0.1) is 32.1 Å². The van der Waals surface area contributed by atoms with Crippen LogP contribution in [0.3, 0.4) is 0 Å². The molecule has 1 aromatic carbocycles. The van der Waals surface area contributed by atoms with E-state index in [1.165, 1.54) is 0 Å². The van der Waals surface area contributed by atoms with Crippen molar-refractivity contribution in [2.75, 3.05) is 38.8 Å². The summed E-state index contributed by atoms with van der Waals surface area (Å²) in [6.07, 6.45) is 3.13. The third-order valence-corrected chi connectivity index (χ3v) is 5.67. The molecular formula is C18H22N3O5PS. The molecule has 2 heterocycles. The van der Waals surface area contributed by atoms with Crippen LogP contribution in [0.5, 0.6) is 11.5 Å². The van der Waals surface area contributed by atoms with Gasteiger partial charge in [0.25, 0.3) is 0 Å². The Kier molecular flexibility index (Phi) is 6.38. The number of rotatable bonds is 6. The Morgan fingerprint density at radius 2 is 2.00 bits per heavy atom. The van der Waals surface area contributed by atoms with E-state index >= 15 is 0 Å². The van der Waals surface area contributed by atoms with Crippen LogP contribution in [0.2, 0.25) is 0 Å². The zero-order valence-corrected chi connectivity index (χ0v) is 17.4. The Labute approximate surface area is 168 Å². The molecule has 150 valence electrons. The fraction of sp³-hybridized carbons (Fsp3) is 0.444. The predicted octanol–water partition coefficient (Wildman–Crippen LogP) is 2.57. The van der Waals surface area contributed by atoms with E-state index in [-0.39, 0.29) is 12.5 Å². The Balaban J connectivity index is 1.92. The molecule has 1 aliphatic rings. The molecule has 0 spiro atoms. The first kappa shape index (κ1) is 20.8. The lowest BCUT2D eigenvalue weighted by molar-refractivity contribution is 0.191. The second-order valence-electron chi connectivity index (χ2n) is 6.57. The van der Waals surface area contributed by atoms with Gasteiger partial charge >= 0.3 is 6.72 Å². The summed E-state index contributed by atoms with van der Waals surface area (Å²) in [6, 6.07) is 5.86. The van der Waals surface area contributed by atoms with E-state index in [0.717, 1.165) is 23.9 Å². The van der Waals surface area contributed by atoms with Crippen LogP contribution < -0.4 is 14.4 Å². The number of hydrogen-bond donors (Lipinski definition) is 2. The summed E-state index contributed by atoms with van der Waals surface area (Å²) in [5, 5.41) is 10.4. The molecule has 1 aromatic heterocycles. The van der Waals surface area contributed by atoms with Crippen LogP contribution in [0.4, 0.5) is 5.69 Å². The molecule has 0 atom stereocenters. The van der Waals surface area contributed by atoms with Crippen LogP contribution in [-0.4, -0.2) is 48.7 Å². The minimum absolute atomic E-state index is 0.181. The molecule has 1 saturated heterocycles. The third-order valence-electron chi connectivity index (χ3n) is 4.87. The molecule has 1 aliphatic heterocycles. The van der Waals surface area contributed by atoms with Crippen molar-refractivity contribution in [3.63, 3.8) is 0 Å². The van der Waals surface area contributed by atoms with Crippen molar-refractivity contribution in [3.05, 3.63) is 23.9 Å². The largest absolute Gasteiger partial charge is 0.497 e. The van der Waals surface area contributed by atoms with Crippen molar-refractivity contribution in [1.82, 2.24) is 4.98 Å². The summed E-state index contributed by atoms with van der Waals surface area (Å²) in [4.78, 5) is 25.0. The Bertz CT molecular complexity index is 950. The van der Waals surface area contributed by atoms with Crippen LogP contribution >= 0.6 is 6.72 Å². The standard InChI is InChI=1S/C18H22N3O5PS/c1-24-14-7-15-17(16(8-14)25-2)20-10-13(9-19)18(15)21-5-3-12(4-6-21)11-26-27(22,23)28/h7-8,10,12H,3-6,11H2,1-2H3,(H2,22,23,28). The maximum atomic E-state index is 9.62. The van der Waals surface area contributed by atoms with Crippen LogP contribution in [0, 0.1) is 17.2 Å². The van der Waals surface area contributed by atoms with E-state index in [0.29, 0.717) is 35.7 Å². The summed E-state index contributed by atoms with van der Waals surface area (Å²) >= 11 is 4.51. The SMILES string of the molecule is COc1cc(OC)c2ncc(C#N)c(N3CCC(COP(O)(O)=S)CC3)c2c1. The highest BCUT2D eigenvalue weighted by molar-refractivity contribution is 8.06. The molecule has 0 unspecified atom stereocenters.